The molecular weight excluding hydrogens is 2320 g/mol. The molecule has 0 aliphatic carbocycles. The number of hydrogen-bond donors (Lipinski definition) is 21. The third-order valence-corrected chi connectivity index (χ3v) is 23.4. The molecule has 10 atom stereocenters. The molecule has 0 saturated heterocycles. The van der Waals surface area contributed by atoms with Gasteiger partial charge in [-0.2, -0.15) is 0 Å². The molecule has 0 saturated carbocycles. The lowest BCUT2D eigenvalue weighted by molar-refractivity contribution is -0.131. The molecule has 0 fully saturated rings. The Morgan fingerprint density at radius 2 is 0.619 bits per heavy atom. The first-order valence-corrected chi connectivity index (χ1v) is 37.6. The monoisotopic (exact) mass is 2380 g/mol. The number of nitrogens with one attached hydrogen (secondary N) is 5. The standard InChI is InChI=1S/C54H68I9N9O25/c1-69(8-19(80)12-73)51(94)27-31(55)25(34(58)40(36(27)60)66-48(91)43(86)22(83)15-76)46(89)64-5-4-6-72(54(97)30-33(57)29(53(96)71(3)10-21(82)14-75)38(62)42(39(30)63)68-50(93)45(88)24(85)17-78)11-18(79)7-65-47(90)26-32(56)28(52(95)70(2)9-20(81)13-74)37(61)41(35(26)59)67-49(92)44(87)23(84)16-77/h18-24,43-45,73-88H,4-17H2,1-3H3,(H,64,89)(H,65,90)(H,66,91)(H,67,92)(H,68,93). The molecule has 0 bridgehead atoms. The number of carbonyl (C=O) groups excluding carboxylic acids is 9. The molecule has 3 aromatic carbocycles. The maximum Gasteiger partial charge on any atom is 0.256 e. The van der Waals surface area contributed by atoms with Crippen LogP contribution in [0, 0.1) is 32.1 Å². The van der Waals surface area contributed by atoms with E-state index in [4.69, 9.17) is 0 Å². The minimum absolute atomic E-state index is 0.00957. The first-order chi connectivity index (χ1) is 45.3. The maximum absolute atomic E-state index is 15.5. The number of benzene rings is 3. The number of aliphatic hydroxyl groups excluding tert-OH is 16. The van der Waals surface area contributed by atoms with E-state index in [0.717, 1.165) is 19.6 Å². The number of halogens is 9. The predicted octanol–water partition coefficient (Wildman–Crippen LogP) is -3.59. The summed E-state index contributed by atoms with van der Waals surface area (Å²) in [4.78, 5) is 131. The highest BCUT2D eigenvalue weighted by Crippen LogP contribution is 2.40. The van der Waals surface area contributed by atoms with Crippen LogP contribution in [0.2, 0.25) is 0 Å². The first-order valence-electron chi connectivity index (χ1n) is 27.9. The van der Waals surface area contributed by atoms with E-state index in [9.17, 15) is 120 Å². The summed E-state index contributed by atoms with van der Waals surface area (Å²) < 4.78 is -0.470. The van der Waals surface area contributed by atoms with E-state index >= 15 is 4.79 Å². The van der Waals surface area contributed by atoms with E-state index in [2.05, 4.69) is 26.6 Å². The van der Waals surface area contributed by atoms with Gasteiger partial charge in [-0.3, -0.25) is 43.2 Å². The lowest BCUT2D eigenvalue weighted by atomic mass is 10.0. The molecule has 542 valence electrons. The Kier molecular flexibility index (Phi) is 39.1. The van der Waals surface area contributed by atoms with Crippen molar-refractivity contribution in [2.45, 2.75) is 67.5 Å². The van der Waals surface area contributed by atoms with Crippen molar-refractivity contribution in [2.75, 3.05) is 123 Å². The van der Waals surface area contributed by atoms with E-state index in [0.29, 0.717) is 0 Å². The molecule has 0 spiro atoms. The van der Waals surface area contributed by atoms with Gasteiger partial charge in [0.2, 0.25) is 0 Å². The fourth-order valence-electron chi connectivity index (χ4n) is 8.44. The number of anilines is 3. The highest BCUT2D eigenvalue weighted by Gasteiger charge is 2.38. The zero-order valence-electron chi connectivity index (χ0n) is 50.7. The minimum Gasteiger partial charge on any atom is -0.394 e. The van der Waals surface area contributed by atoms with Crippen molar-refractivity contribution in [1.82, 2.24) is 30.2 Å². The molecular formula is C54H68I9N9O25. The van der Waals surface area contributed by atoms with Crippen molar-refractivity contribution < 1.29 is 125 Å². The van der Waals surface area contributed by atoms with Gasteiger partial charge >= 0.3 is 0 Å². The van der Waals surface area contributed by atoms with Crippen LogP contribution in [0.1, 0.15) is 68.6 Å². The van der Waals surface area contributed by atoms with Crippen molar-refractivity contribution >= 4 is 274 Å². The lowest BCUT2D eigenvalue weighted by Crippen LogP contribution is -2.45. The Hall–Kier alpha value is -1.18. The van der Waals surface area contributed by atoms with Crippen LogP contribution in [0.4, 0.5) is 17.1 Å². The third kappa shape index (κ3) is 23.4. The average molecular weight is 2390 g/mol. The third-order valence-electron chi connectivity index (χ3n) is 13.7. The summed E-state index contributed by atoms with van der Waals surface area (Å²) in [5.74, 6) is -9.39. The molecule has 0 aliphatic heterocycles. The fourth-order valence-corrected chi connectivity index (χ4v) is 21.6. The molecule has 34 nitrogen and oxygen atoms in total. The zero-order valence-corrected chi connectivity index (χ0v) is 70.1. The van der Waals surface area contributed by atoms with Crippen molar-refractivity contribution in [3.8, 4) is 0 Å². The van der Waals surface area contributed by atoms with Gasteiger partial charge in [-0.05, 0) is 210 Å². The van der Waals surface area contributed by atoms with Crippen LogP contribution in [-0.4, -0.2) is 322 Å². The van der Waals surface area contributed by atoms with Crippen LogP contribution in [-0.2, 0) is 14.4 Å². The smallest absolute Gasteiger partial charge is 0.256 e. The van der Waals surface area contributed by atoms with Crippen LogP contribution in [0.25, 0.3) is 0 Å². The lowest BCUT2D eigenvalue weighted by Gasteiger charge is -2.29. The second-order valence-electron chi connectivity index (χ2n) is 21.0. The van der Waals surface area contributed by atoms with E-state index in [1.807, 2.05) is 0 Å². The molecule has 0 aromatic heterocycles. The first kappa shape index (κ1) is 90.0. The van der Waals surface area contributed by atoms with Gasteiger partial charge in [-0.15, -0.1) is 0 Å². The summed E-state index contributed by atoms with van der Waals surface area (Å²) >= 11 is 15.1. The molecule has 3 aromatic rings. The molecule has 0 aliphatic rings. The van der Waals surface area contributed by atoms with E-state index in [1.54, 1.807) is 203 Å². The molecule has 0 heterocycles. The second kappa shape index (κ2) is 42.1. The number of amides is 9. The maximum atomic E-state index is 15.5. The highest BCUT2D eigenvalue weighted by atomic mass is 127. The van der Waals surface area contributed by atoms with Gasteiger partial charge in [0.15, 0.2) is 18.3 Å². The van der Waals surface area contributed by atoms with E-state index < -0.39 is 193 Å². The number of rotatable bonds is 35. The van der Waals surface area contributed by atoms with Gasteiger partial charge in [-0.1, -0.05) is 0 Å². The Morgan fingerprint density at radius 1 is 0.351 bits per heavy atom. The zero-order chi connectivity index (χ0) is 74.1. The van der Waals surface area contributed by atoms with Gasteiger partial charge < -0.3 is 128 Å². The van der Waals surface area contributed by atoms with Crippen molar-refractivity contribution in [3.05, 3.63) is 65.5 Å². The number of carbonyl (C=O) groups is 9. The molecule has 21 N–H and O–H groups in total. The quantitative estimate of drug-likeness (QED) is 0.0200. The molecule has 43 heteroatoms. The van der Waals surface area contributed by atoms with Crippen molar-refractivity contribution in [1.29, 1.82) is 0 Å². The summed E-state index contributed by atoms with van der Waals surface area (Å²) in [5, 5.41) is 174. The Morgan fingerprint density at radius 3 is 0.907 bits per heavy atom. The van der Waals surface area contributed by atoms with Gasteiger partial charge in [0.1, 0.15) is 18.3 Å². The van der Waals surface area contributed by atoms with Crippen molar-refractivity contribution in [2.24, 2.45) is 0 Å². The average Bonchev–Trinajstić information content (AvgIpc) is 0.774. The van der Waals surface area contributed by atoms with Gasteiger partial charge in [0.05, 0.1) is 136 Å². The second-order valence-corrected chi connectivity index (χ2v) is 30.8. The normalized spacial score (nSPS) is 14.5. The summed E-state index contributed by atoms with van der Waals surface area (Å²) in [5.41, 5.74) is -2.43. The highest BCUT2D eigenvalue weighted by molar-refractivity contribution is 14.1. The van der Waals surface area contributed by atoms with Crippen LogP contribution < -0.4 is 26.6 Å². The largest absolute Gasteiger partial charge is 0.394 e. The topological polar surface area (TPSA) is 550 Å². The van der Waals surface area contributed by atoms with Crippen molar-refractivity contribution in [3.63, 3.8) is 0 Å². The Balaban J connectivity index is 2.34. The number of nitrogens with zero attached hydrogens (tertiary/aromatic N) is 4. The van der Waals surface area contributed by atoms with Crippen LogP contribution in [0.15, 0.2) is 0 Å². The minimum atomic E-state index is -2.28. The molecule has 97 heavy (non-hydrogen) atoms. The van der Waals surface area contributed by atoms with Gasteiger partial charge in [0.25, 0.3) is 53.2 Å². The van der Waals surface area contributed by atoms with Gasteiger partial charge in [-0.25, -0.2) is 0 Å². The number of likely N-dealkylation sites (N-methyl/N-ethyl adjacent to an activating group) is 3. The molecule has 10 unspecified atom stereocenters. The summed E-state index contributed by atoms with van der Waals surface area (Å²) in [6, 6.07) is 0. The fraction of sp³-hybridized carbons (Fsp3) is 0.500. The summed E-state index contributed by atoms with van der Waals surface area (Å²) in [6.07, 6.45) is -19.0. The van der Waals surface area contributed by atoms with Gasteiger partial charge in [0, 0.05) is 77.7 Å². The molecule has 3 rings (SSSR count). The van der Waals surface area contributed by atoms with Crippen LogP contribution in [0.3, 0.4) is 0 Å². The Bertz CT molecular complexity index is 3410. The van der Waals surface area contributed by atoms with Crippen LogP contribution in [0.5, 0.6) is 0 Å². The number of aliphatic hydroxyl groups is 16. The number of hydrogen-bond acceptors (Lipinski definition) is 25. The van der Waals surface area contributed by atoms with Crippen LogP contribution >= 0.6 is 203 Å². The van der Waals surface area contributed by atoms with E-state index in [-0.39, 0.29) is 95.5 Å². The SMILES string of the molecule is CN(CC(O)CO)C(=O)c1c(I)c(NC(=O)C(O)C(O)CO)c(I)c(C(=O)NCCCN(CC(O)CNC(=O)c2c(I)c(NC(=O)C(O)C(O)CO)c(I)c(C(=O)N(C)CC(O)CO)c2I)C(=O)c2c(I)c(NC(=O)C(O)C(O)CO)c(I)c(C(=O)N(C)CC(O)CO)c2I)c1I. The predicted molar refractivity (Wildman–Crippen MR) is 418 cm³/mol. The molecule has 0 radical (unpaired) electrons. The Labute approximate surface area is 675 Å². The summed E-state index contributed by atoms with van der Waals surface area (Å²) in [6.45, 7) is -9.06. The molecule has 9 amide bonds. The summed E-state index contributed by atoms with van der Waals surface area (Å²) in [7, 11) is 3.78. The van der Waals surface area contributed by atoms with E-state index in [1.165, 1.54) is 21.1 Å².